The molecule has 1 N–H and O–H groups in total. The highest BCUT2D eigenvalue weighted by Gasteiger charge is 2.30. The summed E-state index contributed by atoms with van der Waals surface area (Å²) in [6, 6.07) is 1.41. The largest absolute Gasteiger partial charge is 0.505 e. The molecule has 2 rings (SSSR count). The molecule has 0 amide bonds. The van der Waals surface area contributed by atoms with Crippen LogP contribution in [0.5, 0.6) is 5.75 Å². The lowest BCUT2D eigenvalue weighted by Gasteiger charge is -2.05. The molecule has 0 saturated carbocycles. The number of phenolic OH excluding ortho intramolecular Hbond substituents is 1. The fourth-order valence-electron chi connectivity index (χ4n) is 1.23. The van der Waals surface area contributed by atoms with E-state index in [2.05, 4.69) is 0 Å². The van der Waals surface area contributed by atoms with E-state index < -0.39 is 17.4 Å². The van der Waals surface area contributed by atoms with Crippen molar-refractivity contribution >= 4 is 0 Å². The van der Waals surface area contributed by atoms with Gasteiger partial charge >= 0.3 is 0 Å². The molecule has 0 aromatic heterocycles. The number of hydrogen-bond donors (Lipinski definition) is 1. The van der Waals surface area contributed by atoms with Crippen LogP contribution in [0.25, 0.3) is 0 Å². The lowest BCUT2D eigenvalue weighted by atomic mass is 10.1. The maximum absolute atomic E-state index is 13.1. The number of aromatic hydroxyl groups is 1. The van der Waals surface area contributed by atoms with Crippen LogP contribution < -0.4 is 0 Å². The summed E-state index contributed by atoms with van der Waals surface area (Å²) >= 11 is 0. The van der Waals surface area contributed by atoms with Gasteiger partial charge in [-0.15, -0.1) is 0 Å². The molecule has 4 heteroatoms. The molecule has 0 aliphatic carbocycles. The van der Waals surface area contributed by atoms with Crippen LogP contribution in [0.2, 0.25) is 0 Å². The van der Waals surface area contributed by atoms with Gasteiger partial charge in [0.1, 0.15) is 6.10 Å². The van der Waals surface area contributed by atoms with Crippen LogP contribution in [-0.4, -0.2) is 11.7 Å². The number of aryl methyl sites for hydroxylation is 1. The maximum atomic E-state index is 13.1. The van der Waals surface area contributed by atoms with Gasteiger partial charge in [0.15, 0.2) is 11.6 Å². The Hall–Kier alpha value is -1.16. The number of rotatable bonds is 1. The Kier molecular flexibility index (Phi) is 1.73. The van der Waals surface area contributed by atoms with Crippen LogP contribution in [-0.2, 0) is 4.74 Å². The maximum Gasteiger partial charge on any atom is 0.201 e. The van der Waals surface area contributed by atoms with Crippen molar-refractivity contribution in [2.75, 3.05) is 6.61 Å². The van der Waals surface area contributed by atoms with E-state index in [1.165, 1.54) is 13.0 Å². The molecule has 1 aliphatic heterocycles. The van der Waals surface area contributed by atoms with Gasteiger partial charge < -0.3 is 9.84 Å². The summed E-state index contributed by atoms with van der Waals surface area (Å²) in [5.41, 5.74) is 0.511. The first-order chi connectivity index (χ1) is 6.11. The van der Waals surface area contributed by atoms with Gasteiger partial charge in [0.25, 0.3) is 0 Å². The summed E-state index contributed by atoms with van der Waals surface area (Å²) in [6.45, 7) is 1.93. The first-order valence-electron chi connectivity index (χ1n) is 3.90. The third-order valence-electron chi connectivity index (χ3n) is 2.08. The molecular weight excluding hydrogens is 178 g/mol. The van der Waals surface area contributed by atoms with Gasteiger partial charge in [0, 0.05) is 5.56 Å². The Morgan fingerprint density at radius 2 is 2.08 bits per heavy atom. The molecule has 1 unspecified atom stereocenters. The fourth-order valence-corrected chi connectivity index (χ4v) is 1.23. The van der Waals surface area contributed by atoms with Gasteiger partial charge in [-0.2, -0.15) is 4.39 Å². The zero-order valence-corrected chi connectivity index (χ0v) is 6.97. The van der Waals surface area contributed by atoms with Crippen molar-refractivity contribution in [3.63, 3.8) is 0 Å². The lowest BCUT2D eigenvalue weighted by molar-refractivity contribution is 0.382. The van der Waals surface area contributed by atoms with Crippen molar-refractivity contribution in [1.82, 2.24) is 0 Å². The normalized spacial score (nSPS) is 20.4. The summed E-state index contributed by atoms with van der Waals surface area (Å²) in [5.74, 6) is -2.82. The van der Waals surface area contributed by atoms with Gasteiger partial charge in [-0.25, -0.2) is 4.39 Å². The van der Waals surface area contributed by atoms with Gasteiger partial charge in [-0.1, -0.05) is 0 Å². The van der Waals surface area contributed by atoms with Crippen LogP contribution >= 0.6 is 0 Å². The second-order valence-corrected chi connectivity index (χ2v) is 3.08. The second-order valence-electron chi connectivity index (χ2n) is 3.08. The SMILES string of the molecule is Cc1cc(C2CO2)c(F)c(F)c1O. The zero-order chi connectivity index (χ0) is 9.59. The second kappa shape index (κ2) is 2.67. The van der Waals surface area contributed by atoms with E-state index in [9.17, 15) is 8.78 Å². The van der Waals surface area contributed by atoms with Gasteiger partial charge in [-0.3, -0.25) is 0 Å². The lowest BCUT2D eigenvalue weighted by Crippen LogP contribution is -1.95. The van der Waals surface area contributed by atoms with E-state index in [0.717, 1.165) is 0 Å². The number of halogens is 2. The van der Waals surface area contributed by atoms with E-state index in [0.29, 0.717) is 12.2 Å². The van der Waals surface area contributed by atoms with Crippen molar-refractivity contribution in [3.8, 4) is 5.75 Å². The molecule has 2 nitrogen and oxygen atoms in total. The molecule has 1 aromatic carbocycles. The highest BCUT2D eigenvalue weighted by atomic mass is 19.2. The third-order valence-corrected chi connectivity index (χ3v) is 2.08. The number of epoxide rings is 1. The monoisotopic (exact) mass is 186 g/mol. The molecule has 0 bridgehead atoms. The molecule has 1 heterocycles. The van der Waals surface area contributed by atoms with Crippen LogP contribution in [0.15, 0.2) is 6.07 Å². The first-order valence-corrected chi connectivity index (χ1v) is 3.90. The quantitative estimate of drug-likeness (QED) is 0.681. The van der Waals surface area contributed by atoms with Gasteiger partial charge in [-0.05, 0) is 18.6 Å². The van der Waals surface area contributed by atoms with Gasteiger partial charge in [0.2, 0.25) is 5.82 Å². The molecule has 1 atom stereocenters. The number of hydrogen-bond acceptors (Lipinski definition) is 2. The molecule has 1 aliphatic rings. The average Bonchev–Trinajstić information content (AvgIpc) is 2.91. The van der Waals surface area contributed by atoms with E-state index >= 15 is 0 Å². The van der Waals surface area contributed by atoms with Crippen LogP contribution in [0.1, 0.15) is 17.2 Å². The van der Waals surface area contributed by atoms with Crippen LogP contribution in [0.3, 0.4) is 0 Å². The van der Waals surface area contributed by atoms with Crippen molar-refractivity contribution < 1.29 is 18.6 Å². The Labute approximate surface area is 73.8 Å². The summed E-state index contributed by atoms with van der Waals surface area (Å²) in [5, 5.41) is 9.06. The Morgan fingerprint density at radius 1 is 1.46 bits per heavy atom. The van der Waals surface area contributed by atoms with Crippen molar-refractivity contribution in [1.29, 1.82) is 0 Å². The molecular formula is C9H8F2O2. The fraction of sp³-hybridized carbons (Fsp3) is 0.333. The minimum Gasteiger partial charge on any atom is -0.505 e. The third kappa shape index (κ3) is 1.27. The van der Waals surface area contributed by atoms with E-state index in [-0.39, 0.29) is 11.7 Å². The molecule has 0 spiro atoms. The predicted octanol–water partition coefficient (Wildman–Crippen LogP) is 2.05. The summed E-state index contributed by atoms with van der Waals surface area (Å²) < 4.78 is 30.9. The summed E-state index contributed by atoms with van der Waals surface area (Å²) in [6.07, 6.45) is -0.339. The average molecular weight is 186 g/mol. The highest BCUT2D eigenvalue weighted by molar-refractivity contribution is 5.39. The van der Waals surface area contributed by atoms with Crippen molar-refractivity contribution in [2.45, 2.75) is 13.0 Å². The smallest absolute Gasteiger partial charge is 0.201 e. The van der Waals surface area contributed by atoms with E-state index in [1.54, 1.807) is 0 Å². The highest BCUT2D eigenvalue weighted by Crippen LogP contribution is 2.36. The molecule has 1 saturated heterocycles. The Morgan fingerprint density at radius 3 is 2.62 bits per heavy atom. The minimum absolute atomic E-state index is 0.188. The first kappa shape index (κ1) is 8.44. The van der Waals surface area contributed by atoms with Crippen LogP contribution in [0, 0.1) is 18.6 Å². The van der Waals surface area contributed by atoms with Gasteiger partial charge in [0.05, 0.1) is 6.61 Å². The summed E-state index contributed by atoms with van der Waals surface area (Å²) in [4.78, 5) is 0. The Balaban J connectivity index is 2.58. The van der Waals surface area contributed by atoms with Crippen molar-refractivity contribution in [2.24, 2.45) is 0 Å². The molecule has 13 heavy (non-hydrogen) atoms. The van der Waals surface area contributed by atoms with E-state index in [4.69, 9.17) is 9.84 Å². The standard InChI is InChI=1S/C9H8F2O2/c1-4-2-5(6-3-13-6)7(10)8(11)9(4)12/h2,6,12H,3H2,1H3. The molecule has 0 radical (unpaired) electrons. The molecule has 1 aromatic rings. The van der Waals surface area contributed by atoms with E-state index in [1.807, 2.05) is 0 Å². The summed E-state index contributed by atoms with van der Waals surface area (Å²) in [7, 11) is 0. The van der Waals surface area contributed by atoms with Crippen molar-refractivity contribution in [3.05, 3.63) is 28.8 Å². The topological polar surface area (TPSA) is 32.8 Å². The number of benzene rings is 1. The molecule has 1 fully saturated rings. The minimum atomic E-state index is -1.19. The number of phenols is 1. The van der Waals surface area contributed by atoms with Crippen LogP contribution in [0.4, 0.5) is 8.78 Å². The zero-order valence-electron chi connectivity index (χ0n) is 6.97. The number of ether oxygens (including phenoxy) is 1. The molecule has 70 valence electrons. The Bertz CT molecular complexity index is 359. The predicted molar refractivity (Wildman–Crippen MR) is 41.5 cm³/mol.